The number of dihydropyridines is 1. The highest BCUT2D eigenvalue weighted by atomic mass is 35.5. The number of carbonyl (C=O) groups excluding carboxylic acids is 1. The first kappa shape index (κ1) is 26.4. The molecule has 2 heterocycles. The monoisotopic (exact) mass is 528 g/mol. The molecule has 0 saturated carbocycles. The normalized spacial score (nSPS) is 28.5. The van der Waals surface area contributed by atoms with Gasteiger partial charge in [0.25, 0.3) is 0 Å². The third-order valence-corrected chi connectivity index (χ3v) is 7.61. The van der Waals surface area contributed by atoms with Crippen molar-refractivity contribution in [3.63, 3.8) is 0 Å². The maximum atomic E-state index is 13.0. The number of rotatable bonds is 6. The van der Waals surface area contributed by atoms with Crippen LogP contribution < -0.4 is 5.32 Å². The number of ether oxygens (including phenoxy) is 1. The molecule has 6 atom stereocenters. The van der Waals surface area contributed by atoms with E-state index in [9.17, 15) is 30.5 Å². The number of nitrogens with one attached hydrogen (secondary N) is 1. The second kappa shape index (κ2) is 11.2. The van der Waals surface area contributed by atoms with E-state index in [0.29, 0.717) is 32.4 Å². The molecule has 2 aliphatic rings. The summed E-state index contributed by atoms with van der Waals surface area (Å²) in [7, 11) is 0. The number of aliphatic hydroxyl groups is 4. The molecule has 0 radical (unpaired) electrons. The van der Waals surface area contributed by atoms with Crippen molar-refractivity contribution in [2.45, 2.75) is 42.7 Å². The number of carbonyl (C=O) groups is 1. The third kappa shape index (κ3) is 5.08. The predicted molar refractivity (Wildman–Crippen MR) is 135 cm³/mol. The number of aliphatic hydroxyl groups excluding tert-OH is 4. The van der Waals surface area contributed by atoms with E-state index >= 15 is 0 Å². The van der Waals surface area contributed by atoms with E-state index in [0.717, 1.165) is 11.8 Å². The summed E-state index contributed by atoms with van der Waals surface area (Å²) in [6.07, 6.45) is -5.67. The number of halogens is 1. The molecule has 0 bridgehead atoms. The van der Waals surface area contributed by atoms with E-state index in [1.165, 1.54) is 6.92 Å². The average Bonchev–Trinajstić information content (AvgIpc) is 2.89. The largest absolute Gasteiger partial charge is 0.394 e. The molecule has 2 aromatic rings. The number of allylic oxidation sites excluding steroid dienone is 2. The molecular weight excluding hydrogens is 504 g/mol. The summed E-state index contributed by atoms with van der Waals surface area (Å²) in [6.45, 7) is 0.865. The summed E-state index contributed by atoms with van der Waals surface area (Å²) in [5.74, 6) is -0.973. The topological polar surface area (TPSA) is 143 Å². The Morgan fingerprint density at radius 1 is 1.08 bits per heavy atom. The summed E-state index contributed by atoms with van der Waals surface area (Å²) in [6, 6.07) is 18.2. The van der Waals surface area contributed by atoms with E-state index in [4.69, 9.17) is 16.3 Å². The minimum absolute atomic E-state index is 0.212. The van der Waals surface area contributed by atoms with Crippen molar-refractivity contribution < 1.29 is 30.0 Å². The van der Waals surface area contributed by atoms with Gasteiger partial charge in [0.05, 0.1) is 34.9 Å². The zero-order valence-corrected chi connectivity index (χ0v) is 20.8. The first-order valence-corrected chi connectivity index (χ1v) is 12.5. The van der Waals surface area contributed by atoms with Gasteiger partial charge in [-0.2, -0.15) is 5.26 Å². The number of thioether (sulfide) groups is 1. The first-order chi connectivity index (χ1) is 17.3. The number of benzene rings is 2. The fourth-order valence-corrected chi connectivity index (χ4v) is 5.67. The molecule has 0 aliphatic carbocycles. The van der Waals surface area contributed by atoms with Gasteiger partial charge in [0.1, 0.15) is 29.9 Å². The number of Topliss-reactive ketones (excluding diaryl/α,β-unsaturated/α-hetero) is 1. The van der Waals surface area contributed by atoms with Gasteiger partial charge in [-0.3, -0.25) is 4.79 Å². The molecule has 1 unspecified atom stereocenters. The standard InChI is InChI=1S/C26H25ClN2O6S/c1-13(31)19-20(14-7-9-16(27)10-8-14)17(11-28)25(29-21(19)15-5-3-2-4-6-15)36-26-24(34)23(33)22(32)18(12-30)35-26/h2-10,18,20,22-24,26,29-30,32-34H,12H2,1H3/t18-,20?,22+,23+,24-,26+/m1/s1. The maximum Gasteiger partial charge on any atom is 0.158 e. The Morgan fingerprint density at radius 2 is 1.75 bits per heavy atom. The van der Waals surface area contributed by atoms with Crippen LogP contribution >= 0.6 is 23.4 Å². The molecule has 1 fully saturated rings. The third-order valence-electron chi connectivity index (χ3n) is 6.18. The van der Waals surface area contributed by atoms with Gasteiger partial charge >= 0.3 is 0 Å². The van der Waals surface area contributed by atoms with Crippen LogP contribution in [0.3, 0.4) is 0 Å². The molecule has 4 rings (SSSR count). The van der Waals surface area contributed by atoms with Crippen molar-refractivity contribution in [2.24, 2.45) is 0 Å². The van der Waals surface area contributed by atoms with Crippen molar-refractivity contribution in [1.82, 2.24) is 5.32 Å². The Bertz CT molecular complexity index is 1230. The van der Waals surface area contributed by atoms with Crippen LogP contribution in [0.15, 0.2) is 70.8 Å². The lowest BCUT2D eigenvalue weighted by Crippen LogP contribution is -2.57. The predicted octanol–water partition coefficient (Wildman–Crippen LogP) is 2.30. The Kier molecular flexibility index (Phi) is 8.17. The number of nitriles is 1. The van der Waals surface area contributed by atoms with Crippen LogP contribution in [-0.4, -0.2) is 62.7 Å². The first-order valence-electron chi connectivity index (χ1n) is 11.2. The lowest BCUT2D eigenvalue weighted by Gasteiger charge is -2.40. The fourth-order valence-electron chi connectivity index (χ4n) is 4.36. The molecular formula is C26H25ClN2O6S. The van der Waals surface area contributed by atoms with Crippen LogP contribution in [0.1, 0.15) is 24.0 Å². The SMILES string of the molecule is CC(=O)C1=C(c2ccccc2)NC(S[C@@H]2O[C@H](CO)[C@H](O)[C@H](O)[C@H]2O)=C(C#N)C1c1ccc(Cl)cc1. The molecule has 0 amide bonds. The molecule has 188 valence electrons. The second-order valence-corrected chi connectivity index (χ2v) is 10.0. The van der Waals surface area contributed by atoms with Crippen LogP contribution in [0.4, 0.5) is 0 Å². The zero-order chi connectivity index (χ0) is 26.0. The molecule has 2 aromatic carbocycles. The van der Waals surface area contributed by atoms with Crippen LogP contribution in [0.2, 0.25) is 5.02 Å². The molecule has 0 aromatic heterocycles. The van der Waals surface area contributed by atoms with Gasteiger partial charge in [0.2, 0.25) is 0 Å². The summed E-state index contributed by atoms with van der Waals surface area (Å²) < 4.78 is 5.67. The van der Waals surface area contributed by atoms with Gasteiger partial charge in [0, 0.05) is 10.6 Å². The highest BCUT2D eigenvalue weighted by molar-refractivity contribution is 8.03. The van der Waals surface area contributed by atoms with Crippen LogP contribution in [0, 0.1) is 11.3 Å². The van der Waals surface area contributed by atoms with Crippen molar-refractivity contribution in [3.05, 3.63) is 86.9 Å². The number of nitrogens with zero attached hydrogens (tertiary/aromatic N) is 1. The van der Waals surface area contributed by atoms with Crippen molar-refractivity contribution in [3.8, 4) is 6.07 Å². The van der Waals surface area contributed by atoms with E-state index in [2.05, 4.69) is 11.4 Å². The summed E-state index contributed by atoms with van der Waals surface area (Å²) in [5, 5.41) is 54.8. The van der Waals surface area contributed by atoms with Crippen molar-refractivity contribution >= 4 is 34.8 Å². The number of ketones is 1. The fraction of sp³-hybridized carbons (Fsp3) is 0.308. The zero-order valence-electron chi connectivity index (χ0n) is 19.2. The Morgan fingerprint density at radius 3 is 2.33 bits per heavy atom. The molecule has 5 N–H and O–H groups in total. The molecule has 2 aliphatic heterocycles. The van der Waals surface area contributed by atoms with E-state index in [-0.39, 0.29) is 11.4 Å². The molecule has 36 heavy (non-hydrogen) atoms. The average molecular weight is 529 g/mol. The number of hydrogen-bond acceptors (Lipinski definition) is 9. The quantitative estimate of drug-likeness (QED) is 0.381. The Labute approximate surface area is 217 Å². The van der Waals surface area contributed by atoms with Gasteiger partial charge in [-0.1, -0.05) is 65.8 Å². The van der Waals surface area contributed by atoms with Crippen molar-refractivity contribution in [1.29, 1.82) is 5.26 Å². The summed E-state index contributed by atoms with van der Waals surface area (Å²) >= 11 is 7.03. The minimum Gasteiger partial charge on any atom is -0.394 e. The van der Waals surface area contributed by atoms with Gasteiger partial charge in [-0.15, -0.1) is 0 Å². The molecule has 8 nitrogen and oxygen atoms in total. The van der Waals surface area contributed by atoms with Gasteiger partial charge in [-0.25, -0.2) is 0 Å². The minimum atomic E-state index is -1.56. The van der Waals surface area contributed by atoms with E-state index in [1.54, 1.807) is 24.3 Å². The molecule has 0 spiro atoms. The lowest BCUT2D eigenvalue weighted by molar-refractivity contribution is -0.205. The van der Waals surface area contributed by atoms with Crippen LogP contribution in [0.25, 0.3) is 5.70 Å². The lowest BCUT2D eigenvalue weighted by atomic mass is 9.80. The molecule has 10 heteroatoms. The Balaban J connectivity index is 1.85. The number of hydrogen-bond donors (Lipinski definition) is 5. The summed E-state index contributed by atoms with van der Waals surface area (Å²) in [5.41, 5.74) is 1.36. The molecule has 1 saturated heterocycles. The highest BCUT2D eigenvalue weighted by Crippen LogP contribution is 2.45. The van der Waals surface area contributed by atoms with E-state index in [1.807, 2.05) is 30.3 Å². The van der Waals surface area contributed by atoms with Gasteiger partial charge in [0.15, 0.2) is 5.78 Å². The van der Waals surface area contributed by atoms with Gasteiger partial charge in [-0.05, 0) is 30.2 Å². The smallest absolute Gasteiger partial charge is 0.158 e. The Hall–Kier alpha value is -2.68. The van der Waals surface area contributed by atoms with Crippen LogP contribution in [-0.2, 0) is 9.53 Å². The van der Waals surface area contributed by atoms with Crippen molar-refractivity contribution in [2.75, 3.05) is 6.61 Å². The second-order valence-electron chi connectivity index (χ2n) is 8.49. The van der Waals surface area contributed by atoms with Crippen LogP contribution in [0.5, 0.6) is 0 Å². The summed E-state index contributed by atoms with van der Waals surface area (Å²) in [4.78, 5) is 13.0. The highest BCUT2D eigenvalue weighted by Gasteiger charge is 2.45. The maximum absolute atomic E-state index is 13.0. The van der Waals surface area contributed by atoms with E-state index < -0.39 is 42.4 Å². The van der Waals surface area contributed by atoms with Gasteiger partial charge < -0.3 is 30.5 Å².